The molecule has 0 spiro atoms. The molecule has 19 heavy (non-hydrogen) atoms. The smallest absolute Gasteiger partial charge is 0.271 e. The van der Waals surface area contributed by atoms with Crippen LogP contribution in [0, 0.1) is 10.1 Å². The zero-order valence-electron chi connectivity index (χ0n) is 10.2. The van der Waals surface area contributed by atoms with Gasteiger partial charge in [0, 0.05) is 24.7 Å². The van der Waals surface area contributed by atoms with Crippen LogP contribution in [0.2, 0.25) is 0 Å². The van der Waals surface area contributed by atoms with Crippen molar-refractivity contribution in [3.05, 3.63) is 34.5 Å². The molecule has 0 bridgehead atoms. The highest BCUT2D eigenvalue weighted by atomic mass is 16.6. The van der Waals surface area contributed by atoms with Crippen LogP contribution in [0.3, 0.4) is 0 Å². The predicted molar refractivity (Wildman–Crippen MR) is 71.1 cm³/mol. The highest BCUT2D eigenvalue weighted by molar-refractivity contribution is 5.78. The summed E-state index contributed by atoms with van der Waals surface area (Å²) in [6.07, 6.45) is 2.67. The number of nitro groups is 1. The molecule has 1 fully saturated rings. The first-order valence-corrected chi connectivity index (χ1v) is 6.11. The monoisotopic (exact) mass is 259 g/mol. The lowest BCUT2D eigenvalue weighted by molar-refractivity contribution is -0.384. The number of aromatic nitrogens is 2. The summed E-state index contributed by atoms with van der Waals surface area (Å²) in [5.74, 6) is 0.704. The lowest BCUT2D eigenvalue weighted by Gasteiger charge is -2.11. The van der Waals surface area contributed by atoms with Crippen molar-refractivity contribution in [1.29, 1.82) is 0 Å². The van der Waals surface area contributed by atoms with Crippen molar-refractivity contribution in [3.8, 4) is 0 Å². The Morgan fingerprint density at radius 2 is 2.32 bits per heavy atom. The molecule has 1 aliphatic rings. The Hall–Kier alpha value is -2.28. The van der Waals surface area contributed by atoms with Crippen molar-refractivity contribution in [2.24, 2.45) is 0 Å². The fourth-order valence-corrected chi connectivity index (χ4v) is 2.17. The molecule has 7 heteroatoms. The number of fused-ring (bicyclic) bond motifs is 1. The standard InChI is InChI=1S/C12H13N5O2/c18-17(19)9-1-2-10-11(5-9)14-7-12(16-10)15-8-3-4-13-6-8/h1-2,5,7-8,13H,3-4,6H2,(H,15,16). The quantitative estimate of drug-likeness (QED) is 0.637. The minimum atomic E-state index is -0.433. The summed E-state index contributed by atoms with van der Waals surface area (Å²) in [5, 5.41) is 17.2. The third-order valence-electron chi connectivity index (χ3n) is 3.15. The summed E-state index contributed by atoms with van der Waals surface area (Å²) >= 11 is 0. The van der Waals surface area contributed by atoms with Gasteiger partial charge in [0.25, 0.3) is 5.69 Å². The normalized spacial score (nSPS) is 18.6. The molecule has 0 aliphatic carbocycles. The summed E-state index contributed by atoms with van der Waals surface area (Å²) in [5.41, 5.74) is 1.22. The van der Waals surface area contributed by atoms with Crippen molar-refractivity contribution in [2.45, 2.75) is 12.5 Å². The van der Waals surface area contributed by atoms with Gasteiger partial charge in [-0.1, -0.05) is 0 Å². The van der Waals surface area contributed by atoms with Gasteiger partial charge in [-0.3, -0.25) is 15.1 Å². The summed E-state index contributed by atoms with van der Waals surface area (Å²) in [6, 6.07) is 4.87. The fraction of sp³-hybridized carbons (Fsp3) is 0.333. The van der Waals surface area contributed by atoms with Crippen LogP contribution < -0.4 is 10.6 Å². The van der Waals surface area contributed by atoms with Gasteiger partial charge in [0.15, 0.2) is 0 Å². The van der Waals surface area contributed by atoms with E-state index in [-0.39, 0.29) is 5.69 Å². The van der Waals surface area contributed by atoms with E-state index in [1.807, 2.05) is 0 Å². The molecule has 1 atom stereocenters. The van der Waals surface area contributed by atoms with E-state index in [2.05, 4.69) is 20.6 Å². The van der Waals surface area contributed by atoms with Gasteiger partial charge in [-0.25, -0.2) is 4.98 Å². The first kappa shape index (κ1) is 11.8. The Morgan fingerprint density at radius 3 is 3.05 bits per heavy atom. The lowest BCUT2D eigenvalue weighted by Crippen LogP contribution is -2.22. The molecule has 0 amide bonds. The third kappa shape index (κ3) is 2.45. The van der Waals surface area contributed by atoms with Crippen LogP contribution in [0.1, 0.15) is 6.42 Å². The van der Waals surface area contributed by atoms with Crippen molar-refractivity contribution in [1.82, 2.24) is 15.3 Å². The summed E-state index contributed by atoms with van der Waals surface area (Å²) in [4.78, 5) is 18.9. The number of hydrogen-bond donors (Lipinski definition) is 2. The van der Waals surface area contributed by atoms with Crippen LogP contribution >= 0.6 is 0 Å². The number of nitro benzene ring substituents is 1. The zero-order chi connectivity index (χ0) is 13.2. The van der Waals surface area contributed by atoms with E-state index in [0.29, 0.717) is 22.9 Å². The lowest BCUT2D eigenvalue weighted by atomic mass is 10.2. The Balaban J connectivity index is 1.88. The number of non-ortho nitro benzene ring substituents is 1. The largest absolute Gasteiger partial charge is 0.365 e. The minimum absolute atomic E-state index is 0.0301. The second-order valence-corrected chi connectivity index (χ2v) is 4.52. The number of anilines is 1. The van der Waals surface area contributed by atoms with E-state index in [0.717, 1.165) is 19.5 Å². The van der Waals surface area contributed by atoms with E-state index < -0.39 is 4.92 Å². The van der Waals surface area contributed by atoms with Gasteiger partial charge in [-0.05, 0) is 19.0 Å². The van der Waals surface area contributed by atoms with Crippen LogP contribution in [0.25, 0.3) is 11.0 Å². The molecule has 98 valence electrons. The Morgan fingerprint density at radius 1 is 1.42 bits per heavy atom. The van der Waals surface area contributed by atoms with Crippen LogP contribution in [0.5, 0.6) is 0 Å². The summed E-state index contributed by atoms with van der Waals surface area (Å²) < 4.78 is 0. The maximum Gasteiger partial charge on any atom is 0.271 e. The molecule has 0 saturated carbocycles. The topological polar surface area (TPSA) is 93.0 Å². The molecule has 2 aromatic rings. The number of rotatable bonds is 3. The molecule has 0 radical (unpaired) electrons. The third-order valence-corrected chi connectivity index (χ3v) is 3.15. The summed E-state index contributed by atoms with van der Waals surface area (Å²) in [7, 11) is 0. The van der Waals surface area contributed by atoms with Gasteiger partial charge >= 0.3 is 0 Å². The van der Waals surface area contributed by atoms with E-state index in [9.17, 15) is 10.1 Å². The SMILES string of the molecule is O=[N+]([O-])c1ccc2nc(NC3CCNC3)cnc2c1. The number of hydrogen-bond acceptors (Lipinski definition) is 6. The highest BCUT2D eigenvalue weighted by Crippen LogP contribution is 2.19. The van der Waals surface area contributed by atoms with Crippen LogP contribution in [0.4, 0.5) is 11.5 Å². The molecule has 1 unspecified atom stereocenters. The minimum Gasteiger partial charge on any atom is -0.365 e. The van der Waals surface area contributed by atoms with Crippen molar-refractivity contribution in [3.63, 3.8) is 0 Å². The van der Waals surface area contributed by atoms with Crippen LogP contribution in [-0.4, -0.2) is 34.0 Å². The molecule has 1 aromatic carbocycles. The van der Waals surface area contributed by atoms with Gasteiger partial charge in [0.1, 0.15) is 5.82 Å². The van der Waals surface area contributed by atoms with Gasteiger partial charge in [0.05, 0.1) is 22.2 Å². The molecule has 3 rings (SSSR count). The van der Waals surface area contributed by atoms with Gasteiger partial charge in [-0.15, -0.1) is 0 Å². The molecular formula is C12H13N5O2. The number of nitrogens with one attached hydrogen (secondary N) is 2. The van der Waals surface area contributed by atoms with Crippen molar-refractivity contribution >= 4 is 22.5 Å². The Bertz CT molecular complexity index is 625. The average molecular weight is 259 g/mol. The van der Waals surface area contributed by atoms with E-state index in [1.165, 1.54) is 12.1 Å². The predicted octanol–water partition coefficient (Wildman–Crippen LogP) is 1.31. The summed E-state index contributed by atoms with van der Waals surface area (Å²) in [6.45, 7) is 1.92. The zero-order valence-corrected chi connectivity index (χ0v) is 10.2. The fourth-order valence-electron chi connectivity index (χ4n) is 2.17. The van der Waals surface area contributed by atoms with E-state index in [1.54, 1.807) is 12.3 Å². The molecule has 1 saturated heterocycles. The van der Waals surface area contributed by atoms with Gasteiger partial charge in [0.2, 0.25) is 0 Å². The van der Waals surface area contributed by atoms with Crippen molar-refractivity contribution < 1.29 is 4.92 Å². The molecule has 1 aliphatic heterocycles. The van der Waals surface area contributed by atoms with E-state index >= 15 is 0 Å². The van der Waals surface area contributed by atoms with Crippen molar-refractivity contribution in [2.75, 3.05) is 18.4 Å². The second kappa shape index (κ2) is 4.77. The number of benzene rings is 1. The first-order chi connectivity index (χ1) is 9.22. The van der Waals surface area contributed by atoms with Crippen LogP contribution in [0.15, 0.2) is 24.4 Å². The average Bonchev–Trinajstić information content (AvgIpc) is 2.91. The molecule has 2 heterocycles. The molecule has 7 nitrogen and oxygen atoms in total. The molecule has 2 N–H and O–H groups in total. The maximum atomic E-state index is 10.7. The van der Waals surface area contributed by atoms with Gasteiger partial charge < -0.3 is 10.6 Å². The van der Waals surface area contributed by atoms with Gasteiger partial charge in [-0.2, -0.15) is 0 Å². The maximum absolute atomic E-state index is 10.7. The van der Waals surface area contributed by atoms with E-state index in [4.69, 9.17) is 0 Å². The number of nitrogens with zero attached hydrogens (tertiary/aromatic N) is 3. The molecule has 1 aromatic heterocycles. The first-order valence-electron chi connectivity index (χ1n) is 6.11. The Labute approximate surface area is 109 Å². The Kier molecular flexibility index (Phi) is 2.96. The van der Waals surface area contributed by atoms with Crippen LogP contribution in [-0.2, 0) is 0 Å². The second-order valence-electron chi connectivity index (χ2n) is 4.52. The highest BCUT2D eigenvalue weighted by Gasteiger charge is 2.15. The molecular weight excluding hydrogens is 246 g/mol.